The molecule has 1 atom stereocenters. The molecule has 2 rings (SSSR count). The molecule has 0 saturated heterocycles. The third-order valence-electron chi connectivity index (χ3n) is 3.03. The van der Waals surface area contributed by atoms with Gasteiger partial charge in [-0.3, -0.25) is 9.59 Å². The van der Waals surface area contributed by atoms with Crippen molar-refractivity contribution in [2.45, 2.75) is 12.3 Å². The van der Waals surface area contributed by atoms with E-state index in [2.05, 4.69) is 15.9 Å². The summed E-state index contributed by atoms with van der Waals surface area (Å²) in [5, 5.41) is 9.03. The van der Waals surface area contributed by atoms with Crippen LogP contribution in [0, 0.1) is 0 Å². The maximum Gasteiger partial charge on any atom is 0.304 e. The topological polar surface area (TPSA) is 54.4 Å². The summed E-state index contributed by atoms with van der Waals surface area (Å²) >= 11 is 3.33. The van der Waals surface area contributed by atoms with Gasteiger partial charge in [-0.05, 0) is 17.7 Å². The minimum Gasteiger partial charge on any atom is -0.481 e. The van der Waals surface area contributed by atoms with Crippen molar-refractivity contribution >= 4 is 27.7 Å². The van der Waals surface area contributed by atoms with Gasteiger partial charge in [0.1, 0.15) is 0 Å². The molecule has 1 unspecified atom stereocenters. The Labute approximate surface area is 125 Å². The van der Waals surface area contributed by atoms with Crippen LogP contribution < -0.4 is 0 Å². The average molecular weight is 333 g/mol. The molecule has 3 nitrogen and oxygen atoms in total. The molecule has 0 aromatic heterocycles. The van der Waals surface area contributed by atoms with Crippen molar-refractivity contribution in [2.75, 3.05) is 0 Å². The summed E-state index contributed by atoms with van der Waals surface area (Å²) in [5.41, 5.74) is 1.24. The number of carbonyl (C=O) groups excluding carboxylic acids is 1. The van der Waals surface area contributed by atoms with Gasteiger partial charge in [-0.15, -0.1) is 0 Å². The van der Waals surface area contributed by atoms with Gasteiger partial charge >= 0.3 is 5.97 Å². The summed E-state index contributed by atoms with van der Waals surface area (Å²) in [7, 11) is 0. The first kappa shape index (κ1) is 14.5. The predicted octanol–water partition coefficient (Wildman–Crippen LogP) is 3.89. The fourth-order valence-corrected chi connectivity index (χ4v) is 2.30. The molecule has 1 N–H and O–H groups in total. The number of halogens is 1. The highest BCUT2D eigenvalue weighted by Crippen LogP contribution is 2.26. The molecule has 0 saturated carbocycles. The normalized spacial score (nSPS) is 11.8. The van der Waals surface area contributed by atoms with Gasteiger partial charge in [0.05, 0.1) is 12.3 Å². The Balaban J connectivity index is 2.35. The number of carboxylic acids is 1. The van der Waals surface area contributed by atoms with Crippen molar-refractivity contribution < 1.29 is 14.7 Å². The number of aliphatic carboxylic acids is 1. The molecule has 0 aliphatic rings. The number of Topliss-reactive ketones (excluding diaryl/α,β-unsaturated/α-hetero) is 1. The van der Waals surface area contributed by atoms with E-state index in [4.69, 9.17) is 5.11 Å². The monoisotopic (exact) mass is 332 g/mol. The molecule has 4 heteroatoms. The lowest BCUT2D eigenvalue weighted by Gasteiger charge is -2.14. The number of carbonyl (C=O) groups is 2. The van der Waals surface area contributed by atoms with Gasteiger partial charge in [0.2, 0.25) is 0 Å². The van der Waals surface area contributed by atoms with Crippen LogP contribution in [0.1, 0.15) is 28.3 Å². The Morgan fingerprint density at radius 3 is 2.15 bits per heavy atom. The number of hydrogen-bond acceptors (Lipinski definition) is 2. The third-order valence-corrected chi connectivity index (χ3v) is 3.55. The van der Waals surface area contributed by atoms with E-state index in [0.29, 0.717) is 11.1 Å². The number of benzene rings is 2. The van der Waals surface area contributed by atoms with Crippen molar-refractivity contribution in [3.8, 4) is 0 Å². The molecule has 0 aliphatic carbocycles. The van der Waals surface area contributed by atoms with Gasteiger partial charge < -0.3 is 5.11 Å². The smallest absolute Gasteiger partial charge is 0.304 e. The number of carboxylic acid groups (broad SMARTS) is 1. The highest BCUT2D eigenvalue weighted by atomic mass is 79.9. The lowest BCUT2D eigenvalue weighted by atomic mass is 9.88. The average Bonchev–Trinajstić information content (AvgIpc) is 2.46. The fourth-order valence-electron chi connectivity index (χ4n) is 2.04. The standard InChI is InChI=1S/C16H13BrO3/c17-13-8-6-11(7-9-13)14(10-15(18)19)16(20)12-4-2-1-3-5-12/h1-9,14H,10H2,(H,18,19). The van der Waals surface area contributed by atoms with Crippen molar-refractivity contribution in [1.82, 2.24) is 0 Å². The van der Waals surface area contributed by atoms with Crippen molar-refractivity contribution in [1.29, 1.82) is 0 Å². The van der Waals surface area contributed by atoms with E-state index in [-0.39, 0.29) is 12.2 Å². The largest absolute Gasteiger partial charge is 0.481 e. The molecule has 20 heavy (non-hydrogen) atoms. The Morgan fingerprint density at radius 1 is 1.00 bits per heavy atom. The Hall–Kier alpha value is -1.94. The van der Waals surface area contributed by atoms with Crippen LogP contribution in [0.25, 0.3) is 0 Å². The Morgan fingerprint density at radius 2 is 1.60 bits per heavy atom. The van der Waals surface area contributed by atoms with Crippen molar-refractivity contribution in [3.05, 3.63) is 70.2 Å². The molecular formula is C16H13BrO3. The van der Waals surface area contributed by atoms with Crippen molar-refractivity contribution in [2.24, 2.45) is 0 Å². The number of ketones is 1. The van der Waals surface area contributed by atoms with Crippen LogP contribution in [-0.4, -0.2) is 16.9 Å². The van der Waals surface area contributed by atoms with E-state index in [0.717, 1.165) is 4.47 Å². The summed E-state index contributed by atoms with van der Waals surface area (Å²) in [4.78, 5) is 23.5. The summed E-state index contributed by atoms with van der Waals surface area (Å²) in [6, 6.07) is 15.9. The third kappa shape index (κ3) is 3.54. The van der Waals surface area contributed by atoms with Gasteiger partial charge in [-0.2, -0.15) is 0 Å². The molecule has 0 bridgehead atoms. The quantitative estimate of drug-likeness (QED) is 0.845. The zero-order valence-corrected chi connectivity index (χ0v) is 12.2. The second-order valence-corrected chi connectivity index (χ2v) is 5.35. The molecule has 0 radical (unpaired) electrons. The van der Waals surface area contributed by atoms with Gasteiger partial charge in [-0.25, -0.2) is 0 Å². The zero-order chi connectivity index (χ0) is 14.5. The van der Waals surface area contributed by atoms with Gasteiger partial charge in [0, 0.05) is 10.0 Å². The fraction of sp³-hybridized carbons (Fsp3) is 0.125. The van der Waals surface area contributed by atoms with E-state index in [1.807, 2.05) is 18.2 Å². The Kier molecular flexibility index (Phi) is 4.69. The molecule has 2 aromatic rings. The Bertz CT molecular complexity index is 605. The van der Waals surface area contributed by atoms with Gasteiger partial charge in [-0.1, -0.05) is 58.4 Å². The van der Waals surface area contributed by atoms with Crippen LogP contribution in [0.4, 0.5) is 0 Å². The zero-order valence-electron chi connectivity index (χ0n) is 10.6. The summed E-state index contributed by atoms with van der Waals surface area (Å²) in [5.74, 6) is -1.82. The summed E-state index contributed by atoms with van der Waals surface area (Å²) < 4.78 is 0.891. The molecule has 0 heterocycles. The van der Waals surface area contributed by atoms with E-state index in [1.54, 1.807) is 36.4 Å². The highest BCUT2D eigenvalue weighted by molar-refractivity contribution is 9.10. The van der Waals surface area contributed by atoms with Crippen LogP contribution >= 0.6 is 15.9 Å². The predicted molar refractivity (Wildman–Crippen MR) is 79.9 cm³/mol. The van der Waals surface area contributed by atoms with Gasteiger partial charge in [0.15, 0.2) is 5.78 Å². The first-order valence-corrected chi connectivity index (χ1v) is 6.94. The second kappa shape index (κ2) is 6.48. The van der Waals surface area contributed by atoms with E-state index in [9.17, 15) is 9.59 Å². The van der Waals surface area contributed by atoms with E-state index >= 15 is 0 Å². The maximum atomic E-state index is 12.5. The van der Waals surface area contributed by atoms with Crippen LogP contribution in [0.2, 0.25) is 0 Å². The van der Waals surface area contributed by atoms with Crippen LogP contribution in [-0.2, 0) is 4.79 Å². The molecular weight excluding hydrogens is 320 g/mol. The minimum atomic E-state index is -0.984. The molecule has 102 valence electrons. The van der Waals surface area contributed by atoms with Crippen LogP contribution in [0.3, 0.4) is 0 Å². The molecule has 0 amide bonds. The minimum absolute atomic E-state index is 0.171. The molecule has 0 spiro atoms. The van der Waals surface area contributed by atoms with Crippen LogP contribution in [0.15, 0.2) is 59.1 Å². The first-order valence-electron chi connectivity index (χ1n) is 6.14. The van der Waals surface area contributed by atoms with Crippen molar-refractivity contribution in [3.63, 3.8) is 0 Å². The molecule has 2 aromatic carbocycles. The second-order valence-electron chi connectivity index (χ2n) is 4.43. The lowest BCUT2D eigenvalue weighted by molar-refractivity contribution is -0.137. The highest BCUT2D eigenvalue weighted by Gasteiger charge is 2.24. The van der Waals surface area contributed by atoms with Gasteiger partial charge in [0.25, 0.3) is 0 Å². The lowest BCUT2D eigenvalue weighted by Crippen LogP contribution is -2.16. The first-order chi connectivity index (χ1) is 9.58. The molecule has 0 fully saturated rings. The SMILES string of the molecule is O=C(O)CC(C(=O)c1ccccc1)c1ccc(Br)cc1. The summed E-state index contributed by atoms with van der Waals surface area (Å²) in [6.07, 6.45) is -0.213. The van der Waals surface area contributed by atoms with E-state index in [1.165, 1.54) is 0 Å². The maximum absolute atomic E-state index is 12.5. The summed E-state index contributed by atoms with van der Waals surface area (Å²) in [6.45, 7) is 0. The number of rotatable bonds is 5. The van der Waals surface area contributed by atoms with E-state index < -0.39 is 11.9 Å². The molecule has 0 aliphatic heterocycles. The van der Waals surface area contributed by atoms with Crippen LogP contribution in [0.5, 0.6) is 0 Å². The number of hydrogen-bond donors (Lipinski definition) is 1.